The molecule has 21 heavy (non-hydrogen) atoms. The first-order chi connectivity index (χ1) is 10.1. The first-order valence-corrected chi connectivity index (χ1v) is 7.27. The molecule has 1 heterocycles. The summed E-state index contributed by atoms with van der Waals surface area (Å²) in [5.41, 5.74) is 1.46. The number of furan rings is 1. The molecular formula is C15H15BrN2O3. The lowest BCUT2D eigenvalue weighted by molar-refractivity contribution is -0.121. The Morgan fingerprint density at radius 2 is 1.90 bits per heavy atom. The topological polar surface area (TPSA) is 71.3 Å². The van der Waals surface area contributed by atoms with E-state index in [1.165, 1.54) is 6.26 Å². The van der Waals surface area contributed by atoms with Crippen LogP contribution in [0.15, 0.2) is 51.7 Å². The fraction of sp³-hybridized carbons (Fsp3) is 0.200. The van der Waals surface area contributed by atoms with E-state index in [9.17, 15) is 9.59 Å². The molecule has 0 saturated heterocycles. The Hall–Kier alpha value is -2.08. The molecule has 0 bridgehead atoms. The summed E-state index contributed by atoms with van der Waals surface area (Å²) in [5.74, 6) is -0.368. The number of hydrogen-bond acceptors (Lipinski definition) is 3. The number of carbonyl (C=O) groups is 2. The molecule has 2 amide bonds. The van der Waals surface area contributed by atoms with Crippen LogP contribution in [0, 0.1) is 0 Å². The van der Waals surface area contributed by atoms with E-state index in [1.807, 2.05) is 30.3 Å². The minimum atomic E-state index is -0.264. The van der Waals surface area contributed by atoms with Gasteiger partial charge in [-0.1, -0.05) is 30.3 Å². The van der Waals surface area contributed by atoms with Gasteiger partial charge in [-0.3, -0.25) is 9.59 Å². The molecular weight excluding hydrogens is 336 g/mol. The average Bonchev–Trinajstić information content (AvgIpc) is 2.93. The molecule has 2 rings (SSSR count). The molecule has 0 aliphatic heterocycles. The fourth-order valence-corrected chi connectivity index (χ4v) is 2.05. The van der Waals surface area contributed by atoms with Crippen molar-refractivity contribution in [1.82, 2.24) is 10.6 Å². The minimum absolute atomic E-state index is 0.104. The maximum atomic E-state index is 11.7. The van der Waals surface area contributed by atoms with E-state index in [2.05, 4.69) is 26.6 Å². The van der Waals surface area contributed by atoms with E-state index in [-0.39, 0.29) is 24.8 Å². The smallest absolute Gasteiger partial charge is 0.254 e. The molecule has 0 unspecified atom stereocenters. The lowest BCUT2D eigenvalue weighted by Gasteiger charge is -2.06. The van der Waals surface area contributed by atoms with Gasteiger partial charge in [-0.25, -0.2) is 0 Å². The number of benzene rings is 1. The van der Waals surface area contributed by atoms with Gasteiger partial charge in [0.05, 0.1) is 5.56 Å². The summed E-state index contributed by atoms with van der Waals surface area (Å²) in [4.78, 5) is 23.3. The summed E-state index contributed by atoms with van der Waals surface area (Å²) in [6.07, 6.45) is 1.59. The molecule has 2 aromatic rings. The van der Waals surface area contributed by atoms with Crippen LogP contribution in [0.3, 0.4) is 0 Å². The zero-order chi connectivity index (χ0) is 15.1. The first-order valence-electron chi connectivity index (χ1n) is 6.48. The van der Waals surface area contributed by atoms with Crippen LogP contribution in [-0.4, -0.2) is 18.4 Å². The minimum Gasteiger partial charge on any atom is -0.457 e. The first kappa shape index (κ1) is 15.3. The van der Waals surface area contributed by atoms with E-state index >= 15 is 0 Å². The molecule has 0 spiro atoms. The second-order valence-corrected chi connectivity index (χ2v) is 5.19. The molecule has 1 aromatic carbocycles. The van der Waals surface area contributed by atoms with Crippen molar-refractivity contribution in [2.24, 2.45) is 0 Å². The SMILES string of the molecule is O=C(CCNC(=O)c1coc(Br)c1)NCc1ccccc1. The Kier molecular flexibility index (Phi) is 5.57. The highest BCUT2D eigenvalue weighted by atomic mass is 79.9. The summed E-state index contributed by atoms with van der Waals surface area (Å²) in [5, 5.41) is 5.46. The second-order valence-electron chi connectivity index (χ2n) is 4.41. The molecule has 0 atom stereocenters. The average molecular weight is 351 g/mol. The van der Waals surface area contributed by atoms with Gasteiger partial charge in [-0.15, -0.1) is 0 Å². The third-order valence-corrected chi connectivity index (χ3v) is 3.22. The van der Waals surface area contributed by atoms with E-state index < -0.39 is 0 Å². The molecule has 1 aromatic heterocycles. The Morgan fingerprint density at radius 1 is 1.14 bits per heavy atom. The number of amides is 2. The van der Waals surface area contributed by atoms with Gasteiger partial charge in [-0.05, 0) is 21.5 Å². The molecule has 110 valence electrons. The van der Waals surface area contributed by atoms with Crippen LogP contribution in [0.25, 0.3) is 0 Å². The molecule has 0 aliphatic carbocycles. The number of hydrogen-bond donors (Lipinski definition) is 2. The van der Waals surface area contributed by atoms with Gasteiger partial charge in [0.25, 0.3) is 5.91 Å². The van der Waals surface area contributed by atoms with Crippen LogP contribution in [0.4, 0.5) is 0 Å². The number of carbonyl (C=O) groups excluding carboxylic acids is 2. The second kappa shape index (κ2) is 7.64. The molecule has 2 N–H and O–H groups in total. The normalized spacial score (nSPS) is 10.1. The highest BCUT2D eigenvalue weighted by Gasteiger charge is 2.09. The number of halogens is 1. The van der Waals surface area contributed by atoms with Crippen LogP contribution in [0.2, 0.25) is 0 Å². The Bertz CT molecular complexity index is 610. The summed E-state index contributed by atoms with van der Waals surface area (Å²) < 4.78 is 5.47. The fourth-order valence-electron chi connectivity index (χ4n) is 1.71. The molecule has 6 heteroatoms. The van der Waals surface area contributed by atoms with Crippen molar-refractivity contribution in [3.63, 3.8) is 0 Å². The van der Waals surface area contributed by atoms with Crippen molar-refractivity contribution in [2.75, 3.05) is 6.54 Å². The maximum Gasteiger partial charge on any atom is 0.254 e. The van der Waals surface area contributed by atoms with Crippen LogP contribution >= 0.6 is 15.9 Å². The molecule has 5 nitrogen and oxygen atoms in total. The van der Waals surface area contributed by atoms with Crippen LogP contribution in [0.1, 0.15) is 22.3 Å². The molecule has 0 radical (unpaired) electrons. The van der Waals surface area contributed by atoms with Gasteiger partial charge < -0.3 is 15.1 Å². The van der Waals surface area contributed by atoms with Crippen molar-refractivity contribution >= 4 is 27.7 Å². The van der Waals surface area contributed by atoms with E-state index in [1.54, 1.807) is 6.07 Å². The summed E-state index contributed by atoms with van der Waals surface area (Å²) in [7, 11) is 0. The monoisotopic (exact) mass is 350 g/mol. The van der Waals surface area contributed by atoms with Crippen molar-refractivity contribution in [1.29, 1.82) is 0 Å². The van der Waals surface area contributed by atoms with Crippen LogP contribution in [0.5, 0.6) is 0 Å². The lowest BCUT2D eigenvalue weighted by Crippen LogP contribution is -2.30. The zero-order valence-corrected chi connectivity index (χ0v) is 12.9. The summed E-state index contributed by atoms with van der Waals surface area (Å²) in [6, 6.07) is 11.2. The van der Waals surface area contributed by atoms with Gasteiger partial charge in [0, 0.05) is 25.6 Å². The standard InChI is InChI=1S/C15H15BrN2O3/c16-13-8-12(10-21-13)15(20)17-7-6-14(19)18-9-11-4-2-1-3-5-11/h1-5,8,10H,6-7,9H2,(H,17,20)(H,18,19). The van der Waals surface area contributed by atoms with Gasteiger partial charge in [0.1, 0.15) is 6.26 Å². The van der Waals surface area contributed by atoms with Crippen molar-refractivity contribution in [2.45, 2.75) is 13.0 Å². The quantitative estimate of drug-likeness (QED) is 0.840. The molecule has 0 aliphatic rings. The van der Waals surface area contributed by atoms with Gasteiger partial charge in [-0.2, -0.15) is 0 Å². The zero-order valence-electron chi connectivity index (χ0n) is 11.3. The van der Waals surface area contributed by atoms with E-state index in [0.29, 0.717) is 16.8 Å². The van der Waals surface area contributed by atoms with Crippen molar-refractivity contribution < 1.29 is 14.0 Å². The van der Waals surface area contributed by atoms with Gasteiger partial charge in [0.15, 0.2) is 4.67 Å². The largest absolute Gasteiger partial charge is 0.457 e. The third-order valence-electron chi connectivity index (χ3n) is 2.80. The van der Waals surface area contributed by atoms with Gasteiger partial charge in [0.2, 0.25) is 5.91 Å². The van der Waals surface area contributed by atoms with Gasteiger partial charge >= 0.3 is 0 Å². The summed E-state index contributed by atoms with van der Waals surface area (Å²) in [6.45, 7) is 0.768. The Labute approximate surface area is 130 Å². The maximum absolute atomic E-state index is 11.7. The third kappa shape index (κ3) is 5.07. The Balaban J connectivity index is 1.66. The summed E-state index contributed by atoms with van der Waals surface area (Å²) >= 11 is 3.12. The highest BCUT2D eigenvalue weighted by Crippen LogP contribution is 2.13. The molecule has 0 fully saturated rings. The number of nitrogens with one attached hydrogen (secondary N) is 2. The predicted octanol–water partition coefficient (Wildman–Crippen LogP) is 2.48. The molecule has 0 saturated carbocycles. The van der Waals surface area contributed by atoms with E-state index in [0.717, 1.165) is 5.56 Å². The Morgan fingerprint density at radius 3 is 2.57 bits per heavy atom. The van der Waals surface area contributed by atoms with Crippen molar-refractivity contribution in [3.05, 3.63) is 58.5 Å². The van der Waals surface area contributed by atoms with Crippen LogP contribution < -0.4 is 10.6 Å². The number of rotatable bonds is 6. The van der Waals surface area contributed by atoms with Crippen molar-refractivity contribution in [3.8, 4) is 0 Å². The van der Waals surface area contributed by atoms with Crippen LogP contribution in [-0.2, 0) is 11.3 Å². The highest BCUT2D eigenvalue weighted by molar-refractivity contribution is 9.10. The predicted molar refractivity (Wildman–Crippen MR) is 81.6 cm³/mol. The van der Waals surface area contributed by atoms with E-state index in [4.69, 9.17) is 4.42 Å². The lowest BCUT2D eigenvalue weighted by atomic mass is 10.2.